The molecule has 4 rings (SSSR count). The van der Waals surface area contributed by atoms with Crippen molar-refractivity contribution in [1.29, 1.82) is 0 Å². The Morgan fingerprint density at radius 3 is 2.56 bits per heavy atom. The molecule has 0 N–H and O–H groups in total. The standard InChI is InChI=1S/C21H23FN2O3/c22-19-3-1-2-16(12-19)17-4-5-18-14-27-15-21(25)24(20(18)13-17)7-6-23-8-10-26-11-9-23/h1-5,12-13H,6-11,14-15H2. The summed E-state index contributed by atoms with van der Waals surface area (Å²) < 4.78 is 24.5. The Morgan fingerprint density at radius 2 is 1.74 bits per heavy atom. The van der Waals surface area contributed by atoms with Crippen LogP contribution in [0.1, 0.15) is 5.56 Å². The predicted molar refractivity (Wildman–Crippen MR) is 101 cm³/mol. The summed E-state index contributed by atoms with van der Waals surface area (Å²) in [7, 11) is 0. The lowest BCUT2D eigenvalue weighted by atomic mass is 10.0. The maximum atomic E-state index is 13.6. The van der Waals surface area contributed by atoms with E-state index in [1.54, 1.807) is 11.0 Å². The summed E-state index contributed by atoms with van der Waals surface area (Å²) in [6, 6.07) is 12.4. The molecule has 27 heavy (non-hydrogen) atoms. The highest BCUT2D eigenvalue weighted by atomic mass is 19.1. The minimum Gasteiger partial charge on any atom is -0.379 e. The van der Waals surface area contributed by atoms with Gasteiger partial charge in [0.25, 0.3) is 5.91 Å². The number of amides is 1. The molecule has 2 aromatic rings. The third-order valence-corrected chi connectivity index (χ3v) is 5.06. The van der Waals surface area contributed by atoms with Crippen LogP contribution in [-0.4, -0.2) is 56.8 Å². The van der Waals surface area contributed by atoms with Crippen LogP contribution in [0.25, 0.3) is 11.1 Å². The summed E-state index contributed by atoms with van der Waals surface area (Å²) in [6.45, 7) is 5.10. The molecule has 2 aromatic carbocycles. The molecule has 0 bridgehead atoms. The summed E-state index contributed by atoms with van der Waals surface area (Å²) in [5, 5.41) is 0. The van der Waals surface area contributed by atoms with E-state index >= 15 is 0 Å². The van der Waals surface area contributed by atoms with Crippen LogP contribution in [0.5, 0.6) is 0 Å². The molecule has 5 nitrogen and oxygen atoms in total. The van der Waals surface area contributed by atoms with Crippen molar-refractivity contribution in [3.8, 4) is 11.1 Å². The van der Waals surface area contributed by atoms with E-state index in [2.05, 4.69) is 4.90 Å². The number of halogens is 1. The van der Waals surface area contributed by atoms with Gasteiger partial charge in [-0.1, -0.05) is 24.3 Å². The van der Waals surface area contributed by atoms with Crippen LogP contribution < -0.4 is 4.90 Å². The zero-order valence-corrected chi connectivity index (χ0v) is 15.2. The maximum absolute atomic E-state index is 13.6. The van der Waals surface area contributed by atoms with Crippen molar-refractivity contribution in [2.75, 3.05) is 50.9 Å². The fourth-order valence-corrected chi connectivity index (χ4v) is 3.56. The Bertz CT molecular complexity index is 821. The number of hydrogen-bond donors (Lipinski definition) is 0. The second-order valence-corrected chi connectivity index (χ2v) is 6.85. The first-order valence-corrected chi connectivity index (χ1v) is 9.28. The monoisotopic (exact) mass is 370 g/mol. The van der Waals surface area contributed by atoms with Crippen molar-refractivity contribution in [3.05, 3.63) is 53.8 Å². The Labute approximate surface area is 158 Å². The van der Waals surface area contributed by atoms with Gasteiger partial charge in [0.2, 0.25) is 0 Å². The average Bonchev–Trinajstić information content (AvgIpc) is 2.85. The summed E-state index contributed by atoms with van der Waals surface area (Å²) in [5.41, 5.74) is 3.51. The van der Waals surface area contributed by atoms with Gasteiger partial charge in [-0.15, -0.1) is 0 Å². The van der Waals surface area contributed by atoms with Crippen molar-refractivity contribution >= 4 is 11.6 Å². The molecular formula is C21H23FN2O3. The zero-order valence-electron chi connectivity index (χ0n) is 15.2. The van der Waals surface area contributed by atoms with Gasteiger partial charge < -0.3 is 14.4 Å². The van der Waals surface area contributed by atoms with Gasteiger partial charge in [-0.05, 0) is 29.3 Å². The molecule has 142 valence electrons. The van der Waals surface area contributed by atoms with Gasteiger partial charge in [0.05, 0.1) is 19.8 Å². The minimum atomic E-state index is -0.272. The Morgan fingerprint density at radius 1 is 0.926 bits per heavy atom. The minimum absolute atomic E-state index is 0.0431. The van der Waals surface area contributed by atoms with E-state index in [-0.39, 0.29) is 18.3 Å². The molecular weight excluding hydrogens is 347 g/mol. The molecule has 0 radical (unpaired) electrons. The van der Waals surface area contributed by atoms with E-state index in [0.29, 0.717) is 13.2 Å². The number of fused-ring (bicyclic) bond motifs is 1. The number of ether oxygens (including phenoxy) is 2. The SMILES string of the molecule is O=C1COCc2ccc(-c3cccc(F)c3)cc2N1CCN1CCOCC1. The smallest absolute Gasteiger partial charge is 0.253 e. The largest absolute Gasteiger partial charge is 0.379 e. The van der Waals surface area contributed by atoms with Gasteiger partial charge in [-0.25, -0.2) is 4.39 Å². The second kappa shape index (κ2) is 8.17. The van der Waals surface area contributed by atoms with Crippen LogP contribution in [-0.2, 0) is 20.9 Å². The lowest BCUT2D eigenvalue weighted by Crippen LogP contribution is -2.43. The molecule has 2 aliphatic heterocycles. The normalized spacial score (nSPS) is 18.3. The van der Waals surface area contributed by atoms with Crippen molar-refractivity contribution in [2.45, 2.75) is 6.61 Å². The van der Waals surface area contributed by atoms with Crippen molar-refractivity contribution in [1.82, 2.24) is 4.90 Å². The van der Waals surface area contributed by atoms with Crippen molar-refractivity contribution in [3.63, 3.8) is 0 Å². The topological polar surface area (TPSA) is 42.0 Å². The molecule has 1 fully saturated rings. The van der Waals surface area contributed by atoms with Gasteiger partial charge in [0.15, 0.2) is 0 Å². The predicted octanol–water partition coefficient (Wildman–Crippen LogP) is 2.69. The Balaban J connectivity index is 1.61. The zero-order chi connectivity index (χ0) is 18.6. The van der Waals surface area contributed by atoms with Gasteiger partial charge in [0.1, 0.15) is 12.4 Å². The van der Waals surface area contributed by atoms with Crippen LogP contribution in [0, 0.1) is 5.82 Å². The third kappa shape index (κ3) is 4.18. The van der Waals surface area contributed by atoms with E-state index in [4.69, 9.17) is 9.47 Å². The fourth-order valence-electron chi connectivity index (χ4n) is 3.56. The number of benzene rings is 2. The van der Waals surface area contributed by atoms with Gasteiger partial charge in [0, 0.05) is 37.4 Å². The molecule has 6 heteroatoms. The summed E-state index contributed by atoms with van der Waals surface area (Å²) in [4.78, 5) is 16.8. The highest BCUT2D eigenvalue weighted by Crippen LogP contribution is 2.31. The van der Waals surface area contributed by atoms with E-state index in [0.717, 1.165) is 55.2 Å². The molecule has 1 saturated heterocycles. The first-order valence-electron chi connectivity index (χ1n) is 9.28. The van der Waals surface area contributed by atoms with Crippen LogP contribution in [0.4, 0.5) is 10.1 Å². The van der Waals surface area contributed by atoms with Crippen LogP contribution in [0.3, 0.4) is 0 Å². The number of carbonyl (C=O) groups is 1. The number of hydrogen-bond acceptors (Lipinski definition) is 4. The molecule has 1 amide bonds. The van der Waals surface area contributed by atoms with E-state index in [1.165, 1.54) is 12.1 Å². The van der Waals surface area contributed by atoms with Crippen LogP contribution >= 0.6 is 0 Å². The summed E-state index contributed by atoms with van der Waals surface area (Å²) in [6.07, 6.45) is 0. The number of rotatable bonds is 4. The quantitative estimate of drug-likeness (QED) is 0.830. The van der Waals surface area contributed by atoms with Gasteiger partial charge in [-0.3, -0.25) is 9.69 Å². The number of nitrogens with zero attached hydrogens (tertiary/aromatic N) is 2. The number of anilines is 1. The lowest BCUT2D eigenvalue weighted by Gasteiger charge is -2.30. The Hall–Kier alpha value is -2.28. The van der Waals surface area contributed by atoms with Crippen LogP contribution in [0.15, 0.2) is 42.5 Å². The maximum Gasteiger partial charge on any atom is 0.253 e. The van der Waals surface area contributed by atoms with E-state index in [1.807, 2.05) is 24.3 Å². The molecule has 0 spiro atoms. The number of carbonyl (C=O) groups excluding carboxylic acids is 1. The van der Waals surface area contributed by atoms with E-state index in [9.17, 15) is 9.18 Å². The van der Waals surface area contributed by atoms with E-state index < -0.39 is 0 Å². The van der Waals surface area contributed by atoms with Gasteiger partial charge >= 0.3 is 0 Å². The van der Waals surface area contributed by atoms with Crippen molar-refractivity contribution in [2.24, 2.45) is 0 Å². The summed E-state index contributed by atoms with van der Waals surface area (Å²) in [5.74, 6) is -0.315. The second-order valence-electron chi connectivity index (χ2n) is 6.85. The number of morpholine rings is 1. The third-order valence-electron chi connectivity index (χ3n) is 5.06. The highest BCUT2D eigenvalue weighted by Gasteiger charge is 2.24. The highest BCUT2D eigenvalue weighted by molar-refractivity contribution is 5.96. The molecule has 2 aliphatic rings. The molecule has 0 aliphatic carbocycles. The average molecular weight is 370 g/mol. The first-order chi connectivity index (χ1) is 13.2. The molecule has 0 saturated carbocycles. The summed E-state index contributed by atoms with van der Waals surface area (Å²) >= 11 is 0. The molecule has 0 aromatic heterocycles. The molecule has 0 unspecified atom stereocenters. The lowest BCUT2D eigenvalue weighted by molar-refractivity contribution is -0.123. The fraction of sp³-hybridized carbons (Fsp3) is 0.381. The molecule has 0 atom stereocenters. The van der Waals surface area contributed by atoms with Gasteiger partial charge in [-0.2, -0.15) is 0 Å². The first kappa shape index (κ1) is 18.1. The van der Waals surface area contributed by atoms with Crippen molar-refractivity contribution < 1.29 is 18.7 Å². The van der Waals surface area contributed by atoms with Crippen LogP contribution in [0.2, 0.25) is 0 Å². The Kier molecular flexibility index (Phi) is 5.48. The molecule has 2 heterocycles.